The molecule has 0 saturated heterocycles. The van der Waals surface area contributed by atoms with Crippen molar-refractivity contribution >= 4 is 5.91 Å². The third-order valence-electron chi connectivity index (χ3n) is 4.53. The first-order valence-corrected chi connectivity index (χ1v) is 8.28. The van der Waals surface area contributed by atoms with Crippen molar-refractivity contribution in [2.75, 3.05) is 0 Å². The molecule has 2 atom stereocenters. The highest BCUT2D eigenvalue weighted by Crippen LogP contribution is 2.26. The van der Waals surface area contributed by atoms with Crippen molar-refractivity contribution < 1.29 is 4.79 Å². The van der Waals surface area contributed by atoms with Gasteiger partial charge in [-0.25, -0.2) is 0 Å². The summed E-state index contributed by atoms with van der Waals surface area (Å²) in [6.07, 6.45) is 7.59. The van der Waals surface area contributed by atoms with Gasteiger partial charge in [-0.05, 0) is 24.3 Å². The van der Waals surface area contributed by atoms with E-state index in [0.29, 0.717) is 18.9 Å². The fourth-order valence-electron chi connectivity index (χ4n) is 3.18. The number of hydrogen-bond acceptors (Lipinski definition) is 3. The van der Waals surface area contributed by atoms with Gasteiger partial charge >= 0.3 is 0 Å². The number of hydrogen-bond donors (Lipinski definition) is 2. The number of rotatable bonds is 6. The van der Waals surface area contributed by atoms with Crippen molar-refractivity contribution in [2.24, 2.45) is 11.7 Å². The molecule has 0 bridgehead atoms. The van der Waals surface area contributed by atoms with Gasteiger partial charge in [-0.15, -0.1) is 0 Å². The molecule has 1 aliphatic rings. The van der Waals surface area contributed by atoms with Gasteiger partial charge in [-0.1, -0.05) is 36.8 Å². The zero-order valence-corrected chi connectivity index (χ0v) is 13.3. The minimum Gasteiger partial charge on any atom is -0.352 e. The van der Waals surface area contributed by atoms with Gasteiger partial charge in [0.2, 0.25) is 5.91 Å². The molecular formula is C18H24N4O. The number of aromatic nitrogens is 2. The van der Waals surface area contributed by atoms with E-state index < -0.39 is 0 Å². The van der Waals surface area contributed by atoms with E-state index >= 15 is 0 Å². The van der Waals surface area contributed by atoms with Crippen molar-refractivity contribution in [3.63, 3.8) is 0 Å². The standard InChI is InChI=1S/C18H24N4O/c19-17-8-4-7-16(17)9-18(23)20-10-15-11-21-22(13-15)12-14-5-2-1-3-6-14/h1-3,5-6,11,13,16-17H,4,7-10,12,19H2,(H,20,23)/t16-,17+/m0/s1. The summed E-state index contributed by atoms with van der Waals surface area (Å²) in [4.78, 5) is 12.0. The summed E-state index contributed by atoms with van der Waals surface area (Å²) in [5, 5.41) is 7.33. The third-order valence-corrected chi connectivity index (χ3v) is 4.53. The van der Waals surface area contributed by atoms with Crippen molar-refractivity contribution in [3.8, 4) is 0 Å². The summed E-state index contributed by atoms with van der Waals surface area (Å²) in [5.41, 5.74) is 8.25. The normalized spacial score (nSPS) is 20.6. The Labute approximate surface area is 136 Å². The number of nitrogens with zero attached hydrogens (tertiary/aromatic N) is 2. The molecule has 3 rings (SSSR count). The lowest BCUT2D eigenvalue weighted by molar-refractivity contribution is -0.122. The van der Waals surface area contributed by atoms with Crippen LogP contribution >= 0.6 is 0 Å². The molecule has 1 aromatic heterocycles. The lowest BCUT2D eigenvalue weighted by atomic mass is 10.00. The van der Waals surface area contributed by atoms with Crippen LogP contribution in [0.1, 0.15) is 36.8 Å². The molecule has 0 radical (unpaired) electrons. The molecule has 0 aliphatic heterocycles. The highest BCUT2D eigenvalue weighted by molar-refractivity contribution is 5.76. The van der Waals surface area contributed by atoms with Gasteiger partial charge in [0.1, 0.15) is 0 Å². The van der Waals surface area contributed by atoms with E-state index in [1.165, 1.54) is 5.56 Å². The Balaban J connectivity index is 1.46. The maximum absolute atomic E-state index is 12.0. The molecule has 2 aromatic rings. The SMILES string of the molecule is N[C@@H]1CCC[C@H]1CC(=O)NCc1cnn(Cc2ccccc2)c1. The maximum Gasteiger partial charge on any atom is 0.220 e. The summed E-state index contributed by atoms with van der Waals surface area (Å²) in [6, 6.07) is 10.4. The van der Waals surface area contributed by atoms with Gasteiger partial charge in [-0.3, -0.25) is 9.48 Å². The summed E-state index contributed by atoms with van der Waals surface area (Å²) < 4.78 is 1.89. The van der Waals surface area contributed by atoms with Gasteiger partial charge in [-0.2, -0.15) is 5.10 Å². The topological polar surface area (TPSA) is 72.9 Å². The first kappa shape index (κ1) is 15.7. The summed E-state index contributed by atoms with van der Waals surface area (Å²) in [7, 11) is 0. The second-order valence-electron chi connectivity index (χ2n) is 6.37. The first-order valence-electron chi connectivity index (χ1n) is 8.28. The predicted molar refractivity (Wildman–Crippen MR) is 89.6 cm³/mol. The minimum atomic E-state index is 0.0863. The van der Waals surface area contributed by atoms with E-state index in [0.717, 1.165) is 31.4 Å². The van der Waals surface area contributed by atoms with Crippen LogP contribution in [0.15, 0.2) is 42.7 Å². The maximum atomic E-state index is 12.0. The Morgan fingerprint density at radius 3 is 2.83 bits per heavy atom. The van der Waals surface area contributed by atoms with Crippen LogP contribution in [-0.4, -0.2) is 21.7 Å². The Morgan fingerprint density at radius 2 is 2.09 bits per heavy atom. The number of benzene rings is 1. The molecule has 1 aromatic carbocycles. The third kappa shape index (κ3) is 4.42. The molecule has 1 fully saturated rings. The van der Waals surface area contributed by atoms with Crippen molar-refractivity contribution in [1.82, 2.24) is 15.1 Å². The van der Waals surface area contributed by atoms with Crippen LogP contribution in [-0.2, 0) is 17.9 Å². The van der Waals surface area contributed by atoms with E-state index in [2.05, 4.69) is 22.5 Å². The number of carbonyl (C=O) groups excluding carboxylic acids is 1. The van der Waals surface area contributed by atoms with E-state index in [-0.39, 0.29) is 11.9 Å². The van der Waals surface area contributed by atoms with Gasteiger partial charge in [0.15, 0.2) is 0 Å². The van der Waals surface area contributed by atoms with E-state index in [4.69, 9.17) is 5.73 Å². The summed E-state index contributed by atoms with van der Waals surface area (Å²) in [6.45, 7) is 1.27. The minimum absolute atomic E-state index is 0.0863. The molecule has 23 heavy (non-hydrogen) atoms. The number of nitrogens with two attached hydrogens (primary N) is 1. The molecule has 1 heterocycles. The first-order chi connectivity index (χ1) is 11.2. The number of carbonyl (C=O) groups is 1. The van der Waals surface area contributed by atoms with Crippen LogP contribution in [0.5, 0.6) is 0 Å². The second-order valence-corrected chi connectivity index (χ2v) is 6.37. The smallest absolute Gasteiger partial charge is 0.220 e. The van der Waals surface area contributed by atoms with E-state index in [1.807, 2.05) is 35.3 Å². The van der Waals surface area contributed by atoms with Gasteiger partial charge in [0, 0.05) is 30.8 Å². The molecular weight excluding hydrogens is 288 g/mol. The lowest BCUT2D eigenvalue weighted by Crippen LogP contribution is -2.31. The van der Waals surface area contributed by atoms with Crippen molar-refractivity contribution in [3.05, 3.63) is 53.9 Å². The number of amides is 1. The Bertz CT molecular complexity index is 637. The van der Waals surface area contributed by atoms with Crippen LogP contribution < -0.4 is 11.1 Å². The highest BCUT2D eigenvalue weighted by Gasteiger charge is 2.25. The molecule has 122 valence electrons. The van der Waals surface area contributed by atoms with Crippen molar-refractivity contribution in [1.29, 1.82) is 0 Å². The lowest BCUT2D eigenvalue weighted by Gasteiger charge is -2.14. The van der Waals surface area contributed by atoms with Crippen LogP contribution in [0.25, 0.3) is 0 Å². The number of nitrogens with one attached hydrogen (secondary N) is 1. The average molecular weight is 312 g/mol. The van der Waals surface area contributed by atoms with Crippen LogP contribution in [0, 0.1) is 5.92 Å². The zero-order chi connectivity index (χ0) is 16.1. The highest BCUT2D eigenvalue weighted by atomic mass is 16.1. The van der Waals surface area contributed by atoms with E-state index in [9.17, 15) is 4.79 Å². The van der Waals surface area contributed by atoms with Crippen molar-refractivity contribution in [2.45, 2.75) is 44.8 Å². The zero-order valence-electron chi connectivity index (χ0n) is 13.3. The molecule has 0 spiro atoms. The molecule has 3 N–H and O–H groups in total. The summed E-state index contributed by atoms with van der Waals surface area (Å²) in [5.74, 6) is 0.430. The fraction of sp³-hybridized carbons (Fsp3) is 0.444. The molecule has 5 nitrogen and oxygen atoms in total. The van der Waals surface area contributed by atoms with Crippen LogP contribution in [0.3, 0.4) is 0 Å². The largest absolute Gasteiger partial charge is 0.352 e. The molecule has 1 amide bonds. The van der Waals surface area contributed by atoms with Gasteiger partial charge in [0.05, 0.1) is 12.7 Å². The predicted octanol–water partition coefficient (Wildman–Crippen LogP) is 2.07. The molecule has 0 unspecified atom stereocenters. The van der Waals surface area contributed by atoms with Crippen LogP contribution in [0.2, 0.25) is 0 Å². The summed E-state index contributed by atoms with van der Waals surface area (Å²) >= 11 is 0. The Hall–Kier alpha value is -2.14. The van der Waals surface area contributed by atoms with Gasteiger partial charge < -0.3 is 11.1 Å². The molecule has 1 aliphatic carbocycles. The Kier molecular flexibility index (Phi) is 5.08. The van der Waals surface area contributed by atoms with Crippen LogP contribution in [0.4, 0.5) is 0 Å². The second kappa shape index (κ2) is 7.42. The monoisotopic (exact) mass is 312 g/mol. The fourth-order valence-corrected chi connectivity index (χ4v) is 3.18. The van der Waals surface area contributed by atoms with E-state index in [1.54, 1.807) is 0 Å². The molecule has 5 heteroatoms. The Morgan fingerprint density at radius 1 is 1.26 bits per heavy atom. The molecule has 1 saturated carbocycles. The quantitative estimate of drug-likeness (QED) is 0.857. The average Bonchev–Trinajstić information content (AvgIpc) is 3.16. The van der Waals surface area contributed by atoms with Gasteiger partial charge in [0.25, 0.3) is 0 Å².